The molecule has 0 heterocycles. The Morgan fingerprint density at radius 2 is 2.18 bits per heavy atom. The van der Waals surface area contributed by atoms with Gasteiger partial charge in [0.1, 0.15) is 10.9 Å². The molecule has 0 saturated carbocycles. The fraction of sp³-hybridized carbons (Fsp3) is 0.167. The number of nitrogens with one attached hydrogen (secondary N) is 1. The van der Waals surface area contributed by atoms with Crippen molar-refractivity contribution < 1.29 is 9.53 Å². The van der Waals surface area contributed by atoms with Crippen molar-refractivity contribution in [3.63, 3.8) is 0 Å². The fourth-order valence-electron chi connectivity index (χ4n) is 1.05. The molecule has 0 aromatic heterocycles. The zero-order valence-electron chi connectivity index (χ0n) is 9.22. The minimum absolute atomic E-state index is 0.0623. The van der Waals surface area contributed by atoms with Gasteiger partial charge in [-0.2, -0.15) is 0 Å². The van der Waals surface area contributed by atoms with E-state index in [1.165, 1.54) is 6.26 Å². The van der Waals surface area contributed by atoms with Crippen LogP contribution in [0.2, 0.25) is 0 Å². The van der Waals surface area contributed by atoms with Crippen molar-refractivity contribution in [3.05, 3.63) is 48.7 Å². The molecule has 3 nitrogen and oxygen atoms in total. The minimum Gasteiger partial charge on any atom is -0.500 e. The summed E-state index contributed by atoms with van der Waals surface area (Å²) >= 11 is 6.04. The highest BCUT2D eigenvalue weighted by Gasteiger charge is 2.08. The Labute approximate surface area is 110 Å². The third-order valence-corrected chi connectivity index (χ3v) is 2.95. The summed E-state index contributed by atoms with van der Waals surface area (Å²) in [7, 11) is 0. The molecule has 0 radical (unpaired) electrons. The quantitative estimate of drug-likeness (QED) is 0.504. The average molecular weight is 267 g/mol. The standard InChI is InChI=1S/C12H13NO2S2/c1-2-15-9-8-13-12(16)17-11(14)10-6-4-3-5-7-10/h2-7H,1,8-9H2,(H,13,16). The van der Waals surface area contributed by atoms with Crippen LogP contribution in [0.15, 0.2) is 43.2 Å². The Morgan fingerprint density at radius 1 is 1.47 bits per heavy atom. The number of hydrogen-bond acceptors (Lipinski definition) is 4. The first-order chi connectivity index (χ1) is 8.24. The predicted molar refractivity (Wildman–Crippen MR) is 75.1 cm³/mol. The number of hydrogen-bond donors (Lipinski definition) is 1. The van der Waals surface area contributed by atoms with Crippen LogP contribution in [-0.2, 0) is 4.74 Å². The molecule has 90 valence electrons. The van der Waals surface area contributed by atoms with E-state index in [4.69, 9.17) is 17.0 Å². The fourth-order valence-corrected chi connectivity index (χ4v) is 1.97. The van der Waals surface area contributed by atoms with Crippen LogP contribution >= 0.6 is 24.0 Å². The number of ether oxygens (including phenoxy) is 1. The van der Waals surface area contributed by atoms with Gasteiger partial charge < -0.3 is 10.1 Å². The molecule has 1 N–H and O–H groups in total. The van der Waals surface area contributed by atoms with Gasteiger partial charge in [-0.1, -0.05) is 49.1 Å². The van der Waals surface area contributed by atoms with E-state index in [0.717, 1.165) is 11.8 Å². The molecule has 0 aliphatic rings. The average Bonchev–Trinajstić information content (AvgIpc) is 2.36. The largest absolute Gasteiger partial charge is 0.500 e. The van der Waals surface area contributed by atoms with Gasteiger partial charge in [0.05, 0.1) is 12.8 Å². The van der Waals surface area contributed by atoms with Crippen LogP contribution in [0.25, 0.3) is 0 Å². The second-order valence-corrected chi connectivity index (χ2v) is 4.66. The molecule has 0 spiro atoms. The summed E-state index contributed by atoms with van der Waals surface area (Å²) in [5.74, 6) is 0. The third kappa shape index (κ3) is 5.51. The molecule has 0 unspecified atom stereocenters. The first-order valence-electron chi connectivity index (χ1n) is 5.01. The van der Waals surface area contributed by atoms with Gasteiger partial charge in [-0.05, 0) is 11.8 Å². The van der Waals surface area contributed by atoms with Gasteiger partial charge in [0.25, 0.3) is 0 Å². The first-order valence-corrected chi connectivity index (χ1v) is 6.24. The zero-order chi connectivity index (χ0) is 12.5. The number of thioether (sulfide) groups is 1. The van der Waals surface area contributed by atoms with E-state index in [2.05, 4.69) is 11.9 Å². The second kappa shape index (κ2) is 7.86. The van der Waals surface area contributed by atoms with Crippen LogP contribution in [0.1, 0.15) is 10.4 Å². The summed E-state index contributed by atoms with van der Waals surface area (Å²) in [6.45, 7) is 4.45. The van der Waals surface area contributed by atoms with Crippen molar-refractivity contribution in [2.24, 2.45) is 0 Å². The summed E-state index contributed by atoms with van der Waals surface area (Å²) in [6.07, 6.45) is 1.37. The molecule has 17 heavy (non-hydrogen) atoms. The smallest absolute Gasteiger partial charge is 0.226 e. The van der Waals surface area contributed by atoms with Crippen LogP contribution in [0.4, 0.5) is 0 Å². The monoisotopic (exact) mass is 267 g/mol. The van der Waals surface area contributed by atoms with Crippen molar-refractivity contribution in [2.45, 2.75) is 0 Å². The third-order valence-electron chi connectivity index (χ3n) is 1.80. The minimum atomic E-state index is -0.0623. The van der Waals surface area contributed by atoms with Crippen molar-refractivity contribution >= 4 is 33.4 Å². The van der Waals surface area contributed by atoms with Gasteiger partial charge in [-0.15, -0.1) is 0 Å². The van der Waals surface area contributed by atoms with E-state index in [0.29, 0.717) is 23.0 Å². The Kier molecular flexibility index (Phi) is 6.35. The lowest BCUT2D eigenvalue weighted by Crippen LogP contribution is -2.23. The summed E-state index contributed by atoms with van der Waals surface area (Å²) in [5, 5.41) is 2.86. The van der Waals surface area contributed by atoms with E-state index in [9.17, 15) is 4.79 Å². The lowest BCUT2D eigenvalue weighted by atomic mass is 10.2. The maximum absolute atomic E-state index is 11.7. The van der Waals surface area contributed by atoms with Crippen LogP contribution in [0.5, 0.6) is 0 Å². The van der Waals surface area contributed by atoms with E-state index in [1.807, 2.05) is 18.2 Å². The van der Waals surface area contributed by atoms with Gasteiger partial charge in [0, 0.05) is 5.56 Å². The van der Waals surface area contributed by atoms with Crippen molar-refractivity contribution in [2.75, 3.05) is 13.2 Å². The molecule has 1 aromatic carbocycles. The molecule has 0 aliphatic carbocycles. The Bertz CT molecular complexity index is 393. The molecule has 5 heteroatoms. The predicted octanol–water partition coefficient (Wildman–Crippen LogP) is 2.59. The maximum Gasteiger partial charge on any atom is 0.226 e. The van der Waals surface area contributed by atoms with Crippen molar-refractivity contribution in [1.82, 2.24) is 5.32 Å². The lowest BCUT2D eigenvalue weighted by molar-refractivity contribution is 0.109. The van der Waals surface area contributed by atoms with Crippen LogP contribution < -0.4 is 5.32 Å². The molecule has 1 rings (SSSR count). The highest BCUT2D eigenvalue weighted by atomic mass is 32.2. The van der Waals surface area contributed by atoms with E-state index in [-0.39, 0.29) is 5.12 Å². The van der Waals surface area contributed by atoms with Gasteiger partial charge in [0.2, 0.25) is 5.12 Å². The highest BCUT2D eigenvalue weighted by molar-refractivity contribution is 8.33. The molecule has 0 amide bonds. The number of carbonyl (C=O) groups is 1. The molecule has 0 aliphatic heterocycles. The second-order valence-electron chi connectivity index (χ2n) is 3.01. The Balaban J connectivity index is 2.31. The van der Waals surface area contributed by atoms with Crippen molar-refractivity contribution in [1.29, 1.82) is 0 Å². The lowest BCUT2D eigenvalue weighted by Gasteiger charge is -2.06. The van der Waals surface area contributed by atoms with E-state index < -0.39 is 0 Å². The molecular weight excluding hydrogens is 254 g/mol. The Morgan fingerprint density at radius 3 is 2.82 bits per heavy atom. The summed E-state index contributed by atoms with van der Waals surface area (Å²) in [6, 6.07) is 9.03. The van der Waals surface area contributed by atoms with Gasteiger partial charge in [0.15, 0.2) is 0 Å². The van der Waals surface area contributed by atoms with Crippen LogP contribution in [0.3, 0.4) is 0 Å². The van der Waals surface area contributed by atoms with Crippen LogP contribution in [0, 0.1) is 0 Å². The zero-order valence-corrected chi connectivity index (χ0v) is 10.9. The molecule has 0 atom stereocenters. The topological polar surface area (TPSA) is 38.3 Å². The van der Waals surface area contributed by atoms with Gasteiger partial charge >= 0.3 is 0 Å². The number of benzene rings is 1. The molecule has 0 saturated heterocycles. The van der Waals surface area contributed by atoms with Crippen molar-refractivity contribution in [3.8, 4) is 0 Å². The molecule has 0 bridgehead atoms. The summed E-state index contributed by atoms with van der Waals surface area (Å²) < 4.78 is 5.37. The van der Waals surface area contributed by atoms with Gasteiger partial charge in [-0.3, -0.25) is 4.79 Å². The normalized spacial score (nSPS) is 9.41. The van der Waals surface area contributed by atoms with Crippen LogP contribution in [-0.4, -0.2) is 22.6 Å². The highest BCUT2D eigenvalue weighted by Crippen LogP contribution is 2.12. The number of thiocarbonyl (C=S) groups is 1. The van der Waals surface area contributed by atoms with Gasteiger partial charge in [-0.25, -0.2) is 0 Å². The summed E-state index contributed by atoms with van der Waals surface area (Å²) in [5.41, 5.74) is 0.643. The molecule has 0 fully saturated rings. The summed E-state index contributed by atoms with van der Waals surface area (Å²) in [4.78, 5) is 11.7. The molecule has 1 aromatic rings. The Hall–Kier alpha value is -1.33. The SMILES string of the molecule is C=COCCNC(=S)SC(=O)c1ccccc1. The maximum atomic E-state index is 11.7. The van der Waals surface area contributed by atoms with E-state index in [1.54, 1.807) is 12.1 Å². The molecular formula is C12H13NO2S2. The van der Waals surface area contributed by atoms with E-state index >= 15 is 0 Å². The first kappa shape index (κ1) is 13.7. The number of carbonyl (C=O) groups excluding carboxylic acids is 1. The number of rotatable bonds is 5.